The molecular formula is C19H23NO4. The Kier molecular flexibility index (Phi) is 3.57. The van der Waals surface area contributed by atoms with Crippen LogP contribution in [0.1, 0.15) is 41.6 Å². The van der Waals surface area contributed by atoms with E-state index in [2.05, 4.69) is 6.08 Å². The quantitative estimate of drug-likeness (QED) is 0.848. The first-order chi connectivity index (χ1) is 11.6. The van der Waals surface area contributed by atoms with Gasteiger partial charge in [0.1, 0.15) is 0 Å². The van der Waals surface area contributed by atoms with Crippen molar-refractivity contribution in [1.29, 1.82) is 0 Å². The molecule has 1 saturated heterocycles. The molecule has 1 spiro atoms. The number of piperidine rings is 1. The molecule has 0 radical (unpaired) electrons. The van der Waals surface area contributed by atoms with Crippen molar-refractivity contribution in [1.82, 2.24) is 4.90 Å². The van der Waals surface area contributed by atoms with Gasteiger partial charge < -0.3 is 19.5 Å². The Labute approximate surface area is 141 Å². The minimum Gasteiger partial charge on any atom is -0.504 e. The third kappa shape index (κ3) is 2.07. The molecule has 1 fully saturated rings. The second-order valence-electron chi connectivity index (χ2n) is 6.98. The highest BCUT2D eigenvalue weighted by molar-refractivity contribution is 5.99. The summed E-state index contributed by atoms with van der Waals surface area (Å²) in [5.41, 5.74) is 2.65. The minimum absolute atomic E-state index is 0.0107. The van der Waals surface area contributed by atoms with Gasteiger partial charge in [-0.05, 0) is 42.5 Å². The Morgan fingerprint density at radius 1 is 1.33 bits per heavy atom. The van der Waals surface area contributed by atoms with E-state index >= 15 is 0 Å². The maximum absolute atomic E-state index is 13.2. The Morgan fingerprint density at radius 2 is 2.17 bits per heavy atom. The molecule has 1 aromatic carbocycles. The Balaban J connectivity index is 1.85. The SMILES string of the molecule is COc1cc2c(cc1O)C(=O)N1CCCC3=CC[C@H](OC)C[C@]31C2. The van der Waals surface area contributed by atoms with Crippen LogP contribution in [0.4, 0.5) is 0 Å². The summed E-state index contributed by atoms with van der Waals surface area (Å²) in [6.45, 7) is 0.763. The zero-order valence-electron chi connectivity index (χ0n) is 14.2. The van der Waals surface area contributed by atoms with Gasteiger partial charge in [-0.3, -0.25) is 4.79 Å². The van der Waals surface area contributed by atoms with Gasteiger partial charge in [0.2, 0.25) is 0 Å². The lowest BCUT2D eigenvalue weighted by Gasteiger charge is -2.54. The normalized spacial score (nSPS) is 28.6. The van der Waals surface area contributed by atoms with E-state index in [1.165, 1.54) is 12.7 Å². The van der Waals surface area contributed by atoms with Crippen LogP contribution in [0.5, 0.6) is 11.5 Å². The Morgan fingerprint density at radius 3 is 2.92 bits per heavy atom. The smallest absolute Gasteiger partial charge is 0.255 e. The van der Waals surface area contributed by atoms with Crippen molar-refractivity contribution in [3.05, 3.63) is 34.9 Å². The zero-order valence-corrected chi connectivity index (χ0v) is 14.2. The Bertz CT molecular complexity index is 726. The molecule has 3 aliphatic rings. The number of aromatic hydroxyl groups is 1. The van der Waals surface area contributed by atoms with Gasteiger partial charge in [0.05, 0.1) is 18.8 Å². The number of benzene rings is 1. The lowest BCUT2D eigenvalue weighted by atomic mass is 9.67. The van der Waals surface area contributed by atoms with Gasteiger partial charge in [0.15, 0.2) is 11.5 Å². The summed E-state index contributed by atoms with van der Waals surface area (Å²) < 4.78 is 10.9. The second-order valence-corrected chi connectivity index (χ2v) is 6.98. The summed E-state index contributed by atoms with van der Waals surface area (Å²) in [5, 5.41) is 10.1. The summed E-state index contributed by atoms with van der Waals surface area (Å²) in [4.78, 5) is 15.2. The van der Waals surface area contributed by atoms with Crippen LogP contribution >= 0.6 is 0 Å². The summed E-state index contributed by atoms with van der Waals surface area (Å²) in [6, 6.07) is 3.37. The van der Waals surface area contributed by atoms with Crippen LogP contribution in [-0.4, -0.2) is 48.3 Å². The number of rotatable bonds is 2. The van der Waals surface area contributed by atoms with Crippen molar-refractivity contribution in [2.24, 2.45) is 0 Å². The molecule has 0 unspecified atom stereocenters. The fourth-order valence-electron chi connectivity index (χ4n) is 4.65. The van der Waals surface area contributed by atoms with Gasteiger partial charge in [0.25, 0.3) is 5.91 Å². The molecule has 1 aliphatic carbocycles. The van der Waals surface area contributed by atoms with E-state index in [1.54, 1.807) is 13.2 Å². The van der Waals surface area contributed by atoms with Gasteiger partial charge in [-0.15, -0.1) is 0 Å². The molecule has 2 aliphatic heterocycles. The van der Waals surface area contributed by atoms with E-state index < -0.39 is 0 Å². The number of ether oxygens (including phenoxy) is 2. The average molecular weight is 329 g/mol. The van der Waals surface area contributed by atoms with Crippen LogP contribution in [0.3, 0.4) is 0 Å². The van der Waals surface area contributed by atoms with Crippen molar-refractivity contribution >= 4 is 5.91 Å². The van der Waals surface area contributed by atoms with Crippen molar-refractivity contribution in [2.75, 3.05) is 20.8 Å². The average Bonchev–Trinajstić information content (AvgIpc) is 2.60. The van der Waals surface area contributed by atoms with Crippen LogP contribution in [0.25, 0.3) is 0 Å². The predicted octanol–water partition coefficient (Wildman–Crippen LogP) is 2.67. The number of hydrogen-bond acceptors (Lipinski definition) is 4. The fourth-order valence-corrected chi connectivity index (χ4v) is 4.65. The molecule has 24 heavy (non-hydrogen) atoms. The monoisotopic (exact) mass is 329 g/mol. The standard InChI is InChI=1S/C19H23NO4/c1-23-14-6-5-13-4-3-7-20-18(22)15-9-16(21)17(24-2)8-12(15)10-19(13,20)11-14/h5,8-9,14,21H,3-4,6-7,10-11H2,1-2H3/t14-,19+/m0/s1. The van der Waals surface area contributed by atoms with E-state index in [4.69, 9.17) is 9.47 Å². The number of carbonyl (C=O) groups excluding carboxylic acids is 1. The van der Waals surface area contributed by atoms with Crippen LogP contribution < -0.4 is 4.74 Å². The number of methoxy groups -OCH3 is 2. The zero-order chi connectivity index (χ0) is 16.9. The largest absolute Gasteiger partial charge is 0.504 e. The molecule has 5 nitrogen and oxygen atoms in total. The lowest BCUT2D eigenvalue weighted by molar-refractivity contribution is 0.00467. The van der Waals surface area contributed by atoms with Crippen molar-refractivity contribution in [2.45, 2.75) is 43.7 Å². The highest BCUT2D eigenvalue weighted by atomic mass is 16.5. The van der Waals surface area contributed by atoms with Crippen LogP contribution in [0.2, 0.25) is 0 Å². The topological polar surface area (TPSA) is 59.0 Å². The third-order valence-corrected chi connectivity index (χ3v) is 5.83. The van der Waals surface area contributed by atoms with Crippen LogP contribution in [0, 0.1) is 0 Å². The van der Waals surface area contributed by atoms with E-state index in [0.717, 1.165) is 44.2 Å². The molecule has 0 bridgehead atoms. The molecule has 0 saturated carbocycles. The Hall–Kier alpha value is -2.01. The van der Waals surface area contributed by atoms with E-state index in [-0.39, 0.29) is 23.3 Å². The summed E-state index contributed by atoms with van der Waals surface area (Å²) in [6.07, 6.45) is 6.98. The number of phenolic OH excluding ortho intramolecular Hbond substituents is 1. The van der Waals surface area contributed by atoms with Gasteiger partial charge in [-0.1, -0.05) is 6.08 Å². The molecule has 4 rings (SSSR count). The van der Waals surface area contributed by atoms with Gasteiger partial charge in [0, 0.05) is 32.1 Å². The maximum Gasteiger partial charge on any atom is 0.255 e. The first-order valence-corrected chi connectivity index (χ1v) is 8.53. The molecule has 1 aromatic rings. The molecule has 0 aromatic heterocycles. The molecule has 2 heterocycles. The maximum atomic E-state index is 13.2. The van der Waals surface area contributed by atoms with Gasteiger partial charge in [-0.2, -0.15) is 0 Å². The first-order valence-electron chi connectivity index (χ1n) is 8.53. The molecule has 2 atom stereocenters. The van der Waals surface area contributed by atoms with Crippen LogP contribution in [0.15, 0.2) is 23.8 Å². The summed E-state index contributed by atoms with van der Waals surface area (Å²) >= 11 is 0. The highest BCUT2D eigenvalue weighted by Crippen LogP contribution is 2.48. The molecule has 5 heteroatoms. The molecule has 1 amide bonds. The number of amides is 1. The minimum atomic E-state index is -0.275. The predicted molar refractivity (Wildman–Crippen MR) is 89.5 cm³/mol. The number of nitrogens with zero attached hydrogens (tertiary/aromatic N) is 1. The second kappa shape index (κ2) is 5.52. The van der Waals surface area contributed by atoms with Crippen molar-refractivity contribution < 1.29 is 19.4 Å². The first kappa shape index (κ1) is 15.5. The van der Waals surface area contributed by atoms with Gasteiger partial charge >= 0.3 is 0 Å². The number of carbonyl (C=O) groups is 1. The number of phenols is 1. The van der Waals surface area contributed by atoms with E-state index in [0.29, 0.717) is 11.3 Å². The van der Waals surface area contributed by atoms with E-state index in [9.17, 15) is 9.90 Å². The third-order valence-electron chi connectivity index (χ3n) is 5.83. The van der Waals surface area contributed by atoms with Gasteiger partial charge in [-0.25, -0.2) is 0 Å². The molecule has 1 N–H and O–H groups in total. The molecular weight excluding hydrogens is 306 g/mol. The number of fused-ring (bicyclic) bond motifs is 1. The summed E-state index contributed by atoms with van der Waals surface area (Å²) in [5.74, 6) is 0.454. The molecule has 128 valence electrons. The van der Waals surface area contributed by atoms with Crippen LogP contribution in [-0.2, 0) is 11.2 Å². The van der Waals surface area contributed by atoms with Crippen molar-refractivity contribution in [3.63, 3.8) is 0 Å². The fraction of sp³-hybridized carbons (Fsp3) is 0.526. The number of hydrogen-bond donors (Lipinski definition) is 1. The highest BCUT2D eigenvalue weighted by Gasteiger charge is 2.51. The lowest BCUT2D eigenvalue weighted by Crippen LogP contribution is -2.62. The van der Waals surface area contributed by atoms with E-state index in [1.807, 2.05) is 11.0 Å². The summed E-state index contributed by atoms with van der Waals surface area (Å²) in [7, 11) is 3.27. The van der Waals surface area contributed by atoms with Crippen molar-refractivity contribution in [3.8, 4) is 11.5 Å².